The molecule has 0 spiro atoms. The van der Waals surface area contributed by atoms with Gasteiger partial charge in [0.2, 0.25) is 5.91 Å². The molecule has 2 aliphatic carbocycles. The normalized spacial score (nSPS) is 28.6. The Hall–Kier alpha value is -3.79. The molecule has 3 aromatic rings. The molecule has 2 aromatic heterocycles. The molecule has 10 heteroatoms. The number of carboxylic acids is 1. The maximum atomic E-state index is 13.9. The van der Waals surface area contributed by atoms with Crippen LogP contribution >= 0.6 is 11.3 Å². The van der Waals surface area contributed by atoms with E-state index >= 15 is 0 Å². The van der Waals surface area contributed by atoms with Gasteiger partial charge in [0, 0.05) is 54.5 Å². The number of Topliss-reactive ketones (excluding diaryl/α,β-unsaturated/α-hetero) is 1. The van der Waals surface area contributed by atoms with Crippen LogP contribution in [-0.2, 0) is 14.4 Å². The van der Waals surface area contributed by atoms with Crippen LogP contribution in [0.5, 0.6) is 11.5 Å². The molecule has 9 nitrogen and oxygen atoms in total. The number of fused-ring (bicyclic) bond motifs is 3. The lowest BCUT2D eigenvalue weighted by Crippen LogP contribution is -2.38. The number of ether oxygens (including phenoxy) is 2. The van der Waals surface area contributed by atoms with Crippen molar-refractivity contribution in [2.75, 3.05) is 20.7 Å². The molecular formula is C33H37N3O6S. The number of carbonyl (C=O) groups excluding carboxylic acids is 2. The second-order valence-electron chi connectivity index (χ2n) is 12.2. The number of rotatable bonds is 5. The summed E-state index contributed by atoms with van der Waals surface area (Å²) in [6.07, 6.45) is 9.07. The zero-order valence-corrected chi connectivity index (χ0v) is 25.6. The number of carbonyl (C=O) groups is 3. The molecule has 0 radical (unpaired) electrons. The predicted octanol–water partition coefficient (Wildman–Crippen LogP) is 5.70. The Morgan fingerprint density at radius 2 is 1.98 bits per heavy atom. The standard InChI is InChI=1S/C33H37N3O6S/c1-19-27(41-3)10-9-22-28(16-25(35-29(19)22)30-34-11-13-43-30)42-21-14-23-24(15-21)31(38)36(2)12-7-5-4-6-8-20-17-33(20,32(39)40)18-26(23)37/h6,8-11,13,16,20-21,23-24H,4-5,7,12,14-15,17-18H2,1-3H3,(H,39,40)/b8-6-/t20-,21-,23-,24-,33-/m1/s1. The summed E-state index contributed by atoms with van der Waals surface area (Å²) in [5.74, 6) is -1.14. The van der Waals surface area contributed by atoms with Crippen LogP contribution in [0.4, 0.5) is 0 Å². The van der Waals surface area contributed by atoms with Crippen LogP contribution in [0.3, 0.4) is 0 Å². The van der Waals surface area contributed by atoms with Crippen LogP contribution < -0.4 is 9.47 Å². The van der Waals surface area contributed by atoms with Crippen LogP contribution in [-0.4, -0.2) is 64.4 Å². The molecule has 3 aliphatic rings. The first-order valence-corrected chi connectivity index (χ1v) is 15.8. The fraction of sp³-hybridized carbons (Fsp3) is 0.485. The van der Waals surface area contributed by atoms with Gasteiger partial charge in [-0.1, -0.05) is 12.2 Å². The van der Waals surface area contributed by atoms with E-state index in [4.69, 9.17) is 14.5 Å². The molecular weight excluding hydrogens is 566 g/mol. The fourth-order valence-corrected chi connectivity index (χ4v) is 7.47. The SMILES string of the molecule is COc1ccc2c(O[C@@H]3C[C@H]4C(=O)C[C@]5(C(=O)O)C[C@H]5/C=C\CCCCN(C)C(=O)[C@@H]4C3)cc(-c3nccs3)nc2c1C. The third-order valence-corrected chi connectivity index (χ3v) is 10.3. The number of aliphatic carboxylic acids is 1. The summed E-state index contributed by atoms with van der Waals surface area (Å²) < 4.78 is 12.2. The average molecular weight is 604 g/mol. The second kappa shape index (κ2) is 11.7. The van der Waals surface area contributed by atoms with Crippen molar-refractivity contribution in [3.05, 3.63) is 47.5 Å². The Morgan fingerprint density at radius 1 is 1.16 bits per heavy atom. The van der Waals surface area contributed by atoms with Crippen molar-refractivity contribution in [1.82, 2.24) is 14.9 Å². The lowest BCUT2D eigenvalue weighted by atomic mass is 9.84. The molecule has 6 rings (SSSR count). The predicted molar refractivity (Wildman–Crippen MR) is 163 cm³/mol. The highest BCUT2D eigenvalue weighted by Crippen LogP contribution is 2.57. The largest absolute Gasteiger partial charge is 0.496 e. The van der Waals surface area contributed by atoms with Gasteiger partial charge in [-0.15, -0.1) is 11.3 Å². The topological polar surface area (TPSA) is 119 Å². The first kappa shape index (κ1) is 29.3. The molecule has 3 heterocycles. The number of ketones is 1. The number of thiazole rings is 1. The van der Waals surface area contributed by atoms with Crippen molar-refractivity contribution in [3.8, 4) is 22.2 Å². The van der Waals surface area contributed by atoms with Crippen LogP contribution in [0.25, 0.3) is 21.6 Å². The zero-order chi connectivity index (χ0) is 30.3. The van der Waals surface area contributed by atoms with Crippen molar-refractivity contribution in [3.63, 3.8) is 0 Å². The van der Waals surface area contributed by atoms with Crippen LogP contribution in [0, 0.1) is 30.1 Å². The lowest BCUT2D eigenvalue weighted by Gasteiger charge is -2.25. The summed E-state index contributed by atoms with van der Waals surface area (Å²) in [7, 11) is 3.42. The minimum atomic E-state index is -1.07. The molecule has 1 aliphatic heterocycles. The van der Waals surface area contributed by atoms with Crippen molar-refractivity contribution in [1.29, 1.82) is 0 Å². The number of benzene rings is 1. The Balaban J connectivity index is 1.34. The van der Waals surface area contributed by atoms with Gasteiger partial charge in [0.15, 0.2) is 0 Å². The molecule has 1 amide bonds. The zero-order valence-electron chi connectivity index (χ0n) is 24.7. The average Bonchev–Trinajstić information content (AvgIpc) is 3.31. The van der Waals surface area contributed by atoms with Gasteiger partial charge in [-0.25, -0.2) is 9.97 Å². The van der Waals surface area contributed by atoms with Gasteiger partial charge >= 0.3 is 5.97 Å². The number of carboxylic acid groups (broad SMARTS) is 1. The first-order valence-electron chi connectivity index (χ1n) is 14.9. The molecule has 226 valence electrons. The van der Waals surface area contributed by atoms with E-state index in [-0.39, 0.29) is 24.0 Å². The van der Waals surface area contributed by atoms with Gasteiger partial charge < -0.3 is 19.5 Å². The van der Waals surface area contributed by atoms with E-state index in [1.165, 1.54) is 11.3 Å². The van der Waals surface area contributed by atoms with Gasteiger partial charge in [-0.05, 0) is 63.5 Å². The molecule has 2 fully saturated rings. The molecule has 0 unspecified atom stereocenters. The Kier molecular flexibility index (Phi) is 7.98. The number of amides is 1. The summed E-state index contributed by atoms with van der Waals surface area (Å²) >= 11 is 1.48. The van der Waals surface area contributed by atoms with Gasteiger partial charge in [0.25, 0.3) is 0 Å². The monoisotopic (exact) mass is 603 g/mol. The van der Waals surface area contributed by atoms with E-state index in [0.717, 1.165) is 40.7 Å². The Labute approximate surface area is 254 Å². The number of allylic oxidation sites excluding steroid dienone is 2. The van der Waals surface area contributed by atoms with Crippen molar-refractivity contribution in [2.24, 2.45) is 23.2 Å². The summed E-state index contributed by atoms with van der Waals surface area (Å²) in [5.41, 5.74) is 1.22. The summed E-state index contributed by atoms with van der Waals surface area (Å²) in [6.45, 7) is 2.57. The van der Waals surface area contributed by atoms with Crippen molar-refractivity contribution >= 4 is 39.9 Å². The lowest BCUT2D eigenvalue weighted by molar-refractivity contribution is -0.147. The van der Waals surface area contributed by atoms with Crippen molar-refractivity contribution in [2.45, 2.75) is 58.0 Å². The smallest absolute Gasteiger partial charge is 0.310 e. The minimum Gasteiger partial charge on any atom is -0.496 e. The molecule has 5 atom stereocenters. The molecule has 43 heavy (non-hydrogen) atoms. The van der Waals surface area contributed by atoms with Crippen LogP contribution in [0.2, 0.25) is 0 Å². The highest BCUT2D eigenvalue weighted by Gasteiger charge is 2.61. The molecule has 2 saturated carbocycles. The van der Waals surface area contributed by atoms with E-state index in [2.05, 4.69) is 4.98 Å². The van der Waals surface area contributed by atoms with Gasteiger partial charge in [-0.3, -0.25) is 14.4 Å². The van der Waals surface area contributed by atoms with Crippen molar-refractivity contribution < 1.29 is 29.0 Å². The minimum absolute atomic E-state index is 0.0619. The van der Waals surface area contributed by atoms with E-state index in [1.54, 1.807) is 25.3 Å². The maximum absolute atomic E-state index is 13.9. The molecule has 1 aromatic carbocycles. The number of nitrogens with zero attached hydrogens (tertiary/aromatic N) is 3. The third kappa shape index (κ3) is 5.53. The van der Waals surface area contributed by atoms with Gasteiger partial charge in [0.05, 0.1) is 24.0 Å². The van der Waals surface area contributed by atoms with Gasteiger partial charge in [0.1, 0.15) is 34.1 Å². The number of aryl methyl sites for hydroxylation is 1. The number of methoxy groups -OCH3 is 1. The third-order valence-electron chi connectivity index (χ3n) is 9.47. The van der Waals surface area contributed by atoms with Gasteiger partial charge in [-0.2, -0.15) is 0 Å². The maximum Gasteiger partial charge on any atom is 0.310 e. The van der Waals surface area contributed by atoms with E-state index < -0.39 is 29.3 Å². The number of hydrogen-bond acceptors (Lipinski definition) is 8. The first-order chi connectivity index (χ1) is 20.7. The number of pyridine rings is 1. The quantitative estimate of drug-likeness (QED) is 0.369. The Bertz CT molecular complexity index is 1590. The highest BCUT2D eigenvalue weighted by atomic mass is 32.1. The fourth-order valence-electron chi connectivity index (χ4n) is 6.87. The summed E-state index contributed by atoms with van der Waals surface area (Å²) in [4.78, 5) is 51.0. The van der Waals surface area contributed by atoms with Crippen LogP contribution in [0.1, 0.15) is 50.5 Å². The Morgan fingerprint density at radius 3 is 2.72 bits per heavy atom. The molecule has 1 N–H and O–H groups in total. The summed E-state index contributed by atoms with van der Waals surface area (Å²) in [5, 5.41) is 13.6. The van der Waals surface area contributed by atoms with E-state index in [9.17, 15) is 19.5 Å². The van der Waals surface area contributed by atoms with Crippen LogP contribution in [0.15, 0.2) is 41.9 Å². The molecule has 0 saturated heterocycles. The number of aromatic nitrogens is 2. The highest BCUT2D eigenvalue weighted by molar-refractivity contribution is 7.13. The molecule has 0 bridgehead atoms. The number of hydrogen-bond donors (Lipinski definition) is 1. The summed E-state index contributed by atoms with van der Waals surface area (Å²) in [6, 6.07) is 5.68. The second-order valence-corrected chi connectivity index (χ2v) is 13.0. The van der Waals surface area contributed by atoms with E-state index in [1.807, 2.05) is 42.7 Å². The van der Waals surface area contributed by atoms with E-state index in [0.29, 0.717) is 43.0 Å².